The van der Waals surface area contributed by atoms with E-state index in [-0.39, 0.29) is 12.5 Å². The predicted molar refractivity (Wildman–Crippen MR) is 155 cm³/mol. The molecule has 2 aliphatic rings. The van der Waals surface area contributed by atoms with E-state index in [1.807, 2.05) is 21.6 Å². The molecule has 2 aromatic heterocycles. The maximum atomic E-state index is 13.3. The number of hydrogen-bond donors (Lipinski definition) is 1. The summed E-state index contributed by atoms with van der Waals surface area (Å²) in [5.41, 5.74) is 2.85. The number of likely N-dealkylation sites (N-methyl/N-ethyl adjacent to an activating group) is 1. The smallest absolute Gasteiger partial charge is 0.369 e. The molecule has 2 aromatic carbocycles. The highest BCUT2D eigenvalue weighted by Crippen LogP contribution is 2.30. The first kappa shape index (κ1) is 28.0. The summed E-state index contributed by atoms with van der Waals surface area (Å²) in [7, 11) is 2.13. The lowest BCUT2D eigenvalue weighted by Crippen LogP contribution is -2.44. The van der Waals surface area contributed by atoms with Gasteiger partial charge in [-0.25, -0.2) is 15.0 Å². The van der Waals surface area contributed by atoms with Crippen LogP contribution >= 0.6 is 0 Å². The number of nitrogens with zero attached hydrogens (tertiary/aromatic N) is 7. The molecule has 2 saturated heterocycles. The first-order valence-electron chi connectivity index (χ1n) is 14.2. The zero-order valence-electron chi connectivity index (χ0n) is 23.4. The van der Waals surface area contributed by atoms with Gasteiger partial charge in [-0.1, -0.05) is 12.1 Å². The Bertz CT molecular complexity index is 1560. The standard InChI is InChI=1S/C30H33F3N8O/c1-38-12-14-39(15-13-38)24-9-7-22(8-10-24)27-36-28(34-19-21-4-2-5-23(18-21)30(31,32)33)26-29(37-27)41(20-35-26)17-16-40-11-3-6-25(40)42/h2,4-5,7-10,18,20H,3,6,11-17,19H2,1H3,(H,34,36,37). The monoisotopic (exact) mass is 578 g/mol. The number of benzene rings is 2. The average molecular weight is 579 g/mol. The minimum atomic E-state index is -4.42. The summed E-state index contributed by atoms with van der Waals surface area (Å²) >= 11 is 0. The van der Waals surface area contributed by atoms with E-state index in [0.717, 1.165) is 62.5 Å². The van der Waals surface area contributed by atoms with Crippen LogP contribution in [0, 0.1) is 0 Å². The number of halogens is 3. The van der Waals surface area contributed by atoms with Crippen LogP contribution in [-0.2, 0) is 24.1 Å². The number of carbonyl (C=O) groups excluding carboxylic acids is 1. The van der Waals surface area contributed by atoms with Crippen molar-refractivity contribution in [2.24, 2.45) is 0 Å². The summed E-state index contributed by atoms with van der Waals surface area (Å²) in [6.07, 6.45) is -1.30. The van der Waals surface area contributed by atoms with Crippen LogP contribution in [0.25, 0.3) is 22.6 Å². The number of hydrogen-bond acceptors (Lipinski definition) is 7. The van der Waals surface area contributed by atoms with Gasteiger partial charge >= 0.3 is 6.18 Å². The van der Waals surface area contributed by atoms with Crippen molar-refractivity contribution in [3.63, 3.8) is 0 Å². The molecule has 0 atom stereocenters. The van der Waals surface area contributed by atoms with Crippen molar-refractivity contribution in [3.8, 4) is 11.4 Å². The second-order valence-corrected chi connectivity index (χ2v) is 10.9. The zero-order chi connectivity index (χ0) is 29.3. The van der Waals surface area contributed by atoms with Gasteiger partial charge in [-0.2, -0.15) is 13.2 Å². The van der Waals surface area contributed by atoms with E-state index in [9.17, 15) is 18.0 Å². The number of rotatable bonds is 8. The minimum Gasteiger partial charge on any atom is -0.369 e. The summed E-state index contributed by atoms with van der Waals surface area (Å²) in [6.45, 7) is 5.89. The average Bonchev–Trinajstić information content (AvgIpc) is 3.60. The van der Waals surface area contributed by atoms with Crippen LogP contribution in [0.5, 0.6) is 0 Å². The number of fused-ring (bicyclic) bond motifs is 1. The van der Waals surface area contributed by atoms with E-state index < -0.39 is 11.7 Å². The summed E-state index contributed by atoms with van der Waals surface area (Å²) in [6, 6.07) is 13.4. The van der Waals surface area contributed by atoms with Crippen LogP contribution in [0.1, 0.15) is 24.0 Å². The second-order valence-electron chi connectivity index (χ2n) is 10.9. The van der Waals surface area contributed by atoms with E-state index in [2.05, 4.69) is 39.3 Å². The summed E-state index contributed by atoms with van der Waals surface area (Å²) < 4.78 is 41.7. The molecule has 0 bridgehead atoms. The lowest BCUT2D eigenvalue weighted by atomic mass is 10.1. The predicted octanol–water partition coefficient (Wildman–Crippen LogP) is 4.50. The number of aromatic nitrogens is 4. The molecule has 6 rings (SSSR count). The third-order valence-electron chi connectivity index (χ3n) is 7.95. The number of anilines is 2. The molecule has 12 heteroatoms. The molecule has 0 aliphatic carbocycles. The highest BCUT2D eigenvalue weighted by Gasteiger charge is 2.30. The van der Waals surface area contributed by atoms with Gasteiger partial charge in [0.05, 0.1) is 11.9 Å². The maximum Gasteiger partial charge on any atom is 0.416 e. The molecular formula is C30H33F3N8O. The summed E-state index contributed by atoms with van der Waals surface area (Å²) in [4.78, 5) is 32.8. The molecule has 4 aromatic rings. The van der Waals surface area contributed by atoms with Crippen LogP contribution in [0.3, 0.4) is 0 Å². The Morgan fingerprint density at radius 2 is 1.74 bits per heavy atom. The number of carbonyl (C=O) groups is 1. The van der Waals surface area contributed by atoms with E-state index in [0.29, 0.717) is 47.9 Å². The normalized spacial score (nSPS) is 16.5. The Kier molecular flexibility index (Phi) is 7.72. The number of alkyl halides is 3. The molecule has 0 radical (unpaired) electrons. The van der Waals surface area contributed by atoms with Crippen molar-refractivity contribution in [2.45, 2.75) is 32.1 Å². The Hall–Kier alpha value is -4.19. The Labute approximate surface area is 242 Å². The highest BCUT2D eigenvalue weighted by atomic mass is 19.4. The number of amides is 1. The summed E-state index contributed by atoms with van der Waals surface area (Å²) in [5.74, 6) is 1.07. The fourth-order valence-corrected chi connectivity index (χ4v) is 5.46. The lowest BCUT2D eigenvalue weighted by molar-refractivity contribution is -0.137. The molecule has 9 nitrogen and oxygen atoms in total. The number of imidazole rings is 1. The lowest BCUT2D eigenvalue weighted by Gasteiger charge is -2.34. The first-order chi connectivity index (χ1) is 20.2. The number of piperazine rings is 1. The molecule has 2 aliphatic heterocycles. The maximum absolute atomic E-state index is 13.3. The van der Waals surface area contributed by atoms with Gasteiger partial charge in [0.2, 0.25) is 5.91 Å². The van der Waals surface area contributed by atoms with Gasteiger partial charge in [0.15, 0.2) is 17.3 Å². The molecule has 1 amide bonds. The Morgan fingerprint density at radius 3 is 2.45 bits per heavy atom. The quantitative estimate of drug-likeness (QED) is 0.330. The van der Waals surface area contributed by atoms with Crippen molar-refractivity contribution in [3.05, 3.63) is 66.0 Å². The Morgan fingerprint density at radius 1 is 0.952 bits per heavy atom. The Balaban J connectivity index is 1.30. The van der Waals surface area contributed by atoms with Gasteiger partial charge in [0, 0.05) is 70.0 Å². The molecule has 4 heterocycles. The van der Waals surface area contributed by atoms with E-state index in [1.165, 1.54) is 6.07 Å². The van der Waals surface area contributed by atoms with Crippen LogP contribution in [0.4, 0.5) is 24.7 Å². The fourth-order valence-electron chi connectivity index (χ4n) is 5.46. The largest absolute Gasteiger partial charge is 0.416 e. The molecular weight excluding hydrogens is 545 g/mol. The molecule has 220 valence electrons. The van der Waals surface area contributed by atoms with Crippen LogP contribution in [0.15, 0.2) is 54.9 Å². The van der Waals surface area contributed by atoms with Crippen LogP contribution in [0.2, 0.25) is 0 Å². The molecule has 0 unspecified atom stereocenters. The molecule has 2 fully saturated rings. The van der Waals surface area contributed by atoms with Crippen molar-refractivity contribution < 1.29 is 18.0 Å². The van der Waals surface area contributed by atoms with Crippen molar-refractivity contribution in [2.75, 3.05) is 56.5 Å². The van der Waals surface area contributed by atoms with Gasteiger partial charge in [-0.3, -0.25) is 4.79 Å². The molecule has 42 heavy (non-hydrogen) atoms. The van der Waals surface area contributed by atoms with Gasteiger partial charge < -0.3 is 24.6 Å². The van der Waals surface area contributed by atoms with Gasteiger partial charge in [-0.15, -0.1) is 0 Å². The van der Waals surface area contributed by atoms with Gasteiger partial charge in [0.25, 0.3) is 0 Å². The topological polar surface area (TPSA) is 82.4 Å². The van der Waals surface area contributed by atoms with Crippen molar-refractivity contribution in [1.29, 1.82) is 0 Å². The van der Waals surface area contributed by atoms with Crippen molar-refractivity contribution in [1.82, 2.24) is 29.3 Å². The first-order valence-corrected chi connectivity index (χ1v) is 14.2. The van der Waals surface area contributed by atoms with E-state index >= 15 is 0 Å². The highest BCUT2D eigenvalue weighted by molar-refractivity contribution is 5.85. The third-order valence-corrected chi connectivity index (χ3v) is 7.95. The minimum absolute atomic E-state index is 0.132. The SMILES string of the molecule is CN1CCN(c2ccc(-c3nc(NCc4cccc(C(F)(F)F)c4)c4ncn(CCN5CCCC5=O)c4n3)cc2)CC1. The molecule has 1 N–H and O–H groups in total. The zero-order valence-corrected chi connectivity index (χ0v) is 23.4. The summed E-state index contributed by atoms with van der Waals surface area (Å²) in [5, 5.41) is 3.21. The second kappa shape index (κ2) is 11.6. The molecule has 0 spiro atoms. The third kappa shape index (κ3) is 6.03. The number of likely N-dealkylation sites (tertiary alicyclic amines) is 1. The van der Waals surface area contributed by atoms with Crippen molar-refractivity contribution >= 4 is 28.6 Å². The van der Waals surface area contributed by atoms with Gasteiger partial charge in [-0.05, 0) is 55.4 Å². The van der Waals surface area contributed by atoms with E-state index in [4.69, 9.17) is 9.97 Å². The van der Waals surface area contributed by atoms with Crippen LogP contribution < -0.4 is 10.2 Å². The number of nitrogens with one attached hydrogen (secondary N) is 1. The van der Waals surface area contributed by atoms with E-state index in [1.54, 1.807) is 12.4 Å². The fraction of sp³-hybridized carbons (Fsp3) is 0.400. The van der Waals surface area contributed by atoms with Gasteiger partial charge in [0.1, 0.15) is 5.52 Å². The molecule has 0 saturated carbocycles. The van der Waals surface area contributed by atoms with Crippen LogP contribution in [-0.4, -0.2) is 81.5 Å².